The van der Waals surface area contributed by atoms with Crippen molar-refractivity contribution in [1.29, 1.82) is 0 Å². The number of hydrogen-bond donors (Lipinski definition) is 2. The molecule has 1 aromatic heterocycles. The minimum Gasteiger partial charge on any atom is -0.444 e. The maximum absolute atomic E-state index is 13.6. The number of likely N-dealkylation sites (tertiary alicyclic amines) is 1. The zero-order chi connectivity index (χ0) is 17.9. The Bertz CT molecular complexity index is 622. The molecule has 132 valence electrons. The fourth-order valence-corrected chi connectivity index (χ4v) is 2.72. The maximum Gasteiger partial charge on any atom is 0.410 e. The summed E-state index contributed by atoms with van der Waals surface area (Å²) in [6, 6.07) is 1.31. The summed E-state index contributed by atoms with van der Waals surface area (Å²) in [4.78, 5) is 29.4. The van der Waals surface area contributed by atoms with Crippen molar-refractivity contribution in [3.8, 4) is 0 Å². The number of aromatic nitrogens is 1. The van der Waals surface area contributed by atoms with Crippen LogP contribution in [0.3, 0.4) is 0 Å². The second-order valence-electron chi connectivity index (χ2n) is 6.81. The van der Waals surface area contributed by atoms with Gasteiger partial charge in [0, 0.05) is 13.1 Å². The Morgan fingerprint density at radius 1 is 1.38 bits per heavy atom. The van der Waals surface area contributed by atoms with Gasteiger partial charge in [0.15, 0.2) is 0 Å². The summed E-state index contributed by atoms with van der Waals surface area (Å²) in [5.74, 6) is 4.03. The first-order chi connectivity index (χ1) is 11.2. The highest BCUT2D eigenvalue weighted by Gasteiger charge is 2.29. The molecule has 0 bridgehead atoms. The Hall–Kier alpha value is -2.22. The smallest absolute Gasteiger partial charge is 0.410 e. The molecule has 0 aliphatic carbocycles. The normalized spacial score (nSPS) is 16.0. The largest absolute Gasteiger partial charge is 0.444 e. The first-order valence-corrected chi connectivity index (χ1v) is 7.85. The number of nitrogen functional groups attached to an aromatic ring is 1. The van der Waals surface area contributed by atoms with E-state index in [-0.39, 0.29) is 17.7 Å². The molecule has 0 radical (unpaired) electrons. The van der Waals surface area contributed by atoms with Crippen LogP contribution in [0.2, 0.25) is 0 Å². The fourth-order valence-electron chi connectivity index (χ4n) is 2.72. The third-order valence-electron chi connectivity index (χ3n) is 3.82. The van der Waals surface area contributed by atoms with E-state index in [4.69, 9.17) is 10.6 Å². The minimum absolute atomic E-state index is 0.0702. The number of piperidine rings is 1. The van der Waals surface area contributed by atoms with Gasteiger partial charge < -0.3 is 9.64 Å². The number of nitrogens with two attached hydrogens (primary N) is 1. The van der Waals surface area contributed by atoms with E-state index in [0.29, 0.717) is 31.5 Å². The first kappa shape index (κ1) is 18.1. The van der Waals surface area contributed by atoms with E-state index < -0.39 is 17.3 Å². The van der Waals surface area contributed by atoms with Crippen LogP contribution in [0.15, 0.2) is 12.3 Å². The zero-order valence-corrected chi connectivity index (χ0v) is 14.1. The van der Waals surface area contributed by atoms with Crippen LogP contribution in [0.5, 0.6) is 0 Å². The Morgan fingerprint density at radius 3 is 2.54 bits per heavy atom. The molecule has 0 atom stereocenters. The van der Waals surface area contributed by atoms with Gasteiger partial charge in [-0.2, -0.15) is 0 Å². The van der Waals surface area contributed by atoms with E-state index in [2.05, 4.69) is 4.98 Å². The average molecular weight is 338 g/mol. The second kappa shape index (κ2) is 7.12. The number of carbonyl (C=O) groups is 2. The van der Waals surface area contributed by atoms with E-state index in [1.165, 1.54) is 6.07 Å². The van der Waals surface area contributed by atoms with Gasteiger partial charge in [-0.15, -0.1) is 0 Å². The van der Waals surface area contributed by atoms with Gasteiger partial charge in [0.25, 0.3) is 5.91 Å². The molecule has 24 heavy (non-hydrogen) atoms. The molecular weight excluding hydrogens is 315 g/mol. The van der Waals surface area contributed by atoms with Gasteiger partial charge in [0.1, 0.15) is 17.1 Å². The molecule has 2 amide bonds. The lowest BCUT2D eigenvalue weighted by molar-refractivity contribution is 0.0204. The lowest BCUT2D eigenvalue weighted by Crippen LogP contribution is -2.41. The van der Waals surface area contributed by atoms with Crippen molar-refractivity contribution in [2.75, 3.05) is 13.1 Å². The van der Waals surface area contributed by atoms with Crippen LogP contribution in [-0.4, -0.2) is 40.6 Å². The van der Waals surface area contributed by atoms with Crippen LogP contribution in [0.1, 0.15) is 55.6 Å². The Morgan fingerprint density at radius 2 is 2.00 bits per heavy atom. The lowest BCUT2D eigenvalue weighted by Gasteiger charge is -2.33. The second-order valence-corrected chi connectivity index (χ2v) is 6.81. The highest BCUT2D eigenvalue weighted by Crippen LogP contribution is 2.30. The van der Waals surface area contributed by atoms with E-state index in [1.807, 2.05) is 26.2 Å². The first-order valence-electron chi connectivity index (χ1n) is 7.85. The molecule has 1 aliphatic heterocycles. The number of hydrazine groups is 1. The fraction of sp³-hybridized carbons (Fsp3) is 0.562. The molecule has 7 nitrogen and oxygen atoms in total. The predicted octanol–water partition coefficient (Wildman–Crippen LogP) is 1.94. The standard InChI is InChI=1S/C16H23FN4O3/c1-16(2,3)24-15(23)21-6-4-10(5-7-21)12-8-11(17)9-19-13(12)14(22)20-18/h8-10H,4-7,18H2,1-3H3,(H,20,22). The van der Waals surface area contributed by atoms with Gasteiger partial charge in [0.05, 0.1) is 6.20 Å². The number of pyridine rings is 1. The molecule has 3 N–H and O–H groups in total. The molecule has 0 aromatic carbocycles. The van der Waals surface area contributed by atoms with Crippen molar-refractivity contribution in [3.63, 3.8) is 0 Å². The van der Waals surface area contributed by atoms with E-state index in [0.717, 1.165) is 6.20 Å². The maximum atomic E-state index is 13.6. The van der Waals surface area contributed by atoms with E-state index in [1.54, 1.807) is 4.90 Å². The Balaban J connectivity index is 2.08. The molecule has 1 fully saturated rings. The van der Waals surface area contributed by atoms with Crippen molar-refractivity contribution in [2.24, 2.45) is 5.84 Å². The third-order valence-corrected chi connectivity index (χ3v) is 3.82. The molecular formula is C16H23FN4O3. The van der Waals surface area contributed by atoms with Gasteiger partial charge in [-0.1, -0.05) is 0 Å². The van der Waals surface area contributed by atoms with Crippen LogP contribution >= 0.6 is 0 Å². The lowest BCUT2D eigenvalue weighted by atomic mass is 9.88. The summed E-state index contributed by atoms with van der Waals surface area (Å²) in [6.07, 6.45) is 1.81. The van der Waals surface area contributed by atoms with Crippen LogP contribution in [0.4, 0.5) is 9.18 Å². The molecule has 2 heterocycles. The predicted molar refractivity (Wildman–Crippen MR) is 85.6 cm³/mol. The van der Waals surface area contributed by atoms with Crippen LogP contribution in [0, 0.1) is 5.82 Å². The molecule has 1 saturated heterocycles. The molecule has 1 aliphatic rings. The van der Waals surface area contributed by atoms with Crippen molar-refractivity contribution in [2.45, 2.75) is 45.1 Å². The highest BCUT2D eigenvalue weighted by atomic mass is 19.1. The van der Waals surface area contributed by atoms with E-state index >= 15 is 0 Å². The van der Waals surface area contributed by atoms with Crippen molar-refractivity contribution in [3.05, 3.63) is 29.3 Å². The average Bonchev–Trinajstić information content (AvgIpc) is 2.52. The van der Waals surface area contributed by atoms with Crippen molar-refractivity contribution >= 4 is 12.0 Å². The quantitative estimate of drug-likeness (QED) is 0.488. The van der Waals surface area contributed by atoms with Gasteiger partial charge in [-0.25, -0.2) is 20.0 Å². The summed E-state index contributed by atoms with van der Waals surface area (Å²) < 4.78 is 18.9. The summed E-state index contributed by atoms with van der Waals surface area (Å²) in [7, 11) is 0. The molecule has 0 spiro atoms. The minimum atomic E-state index is -0.556. The summed E-state index contributed by atoms with van der Waals surface area (Å²) >= 11 is 0. The van der Waals surface area contributed by atoms with Crippen molar-refractivity contribution < 1.29 is 18.7 Å². The van der Waals surface area contributed by atoms with Gasteiger partial charge in [-0.3, -0.25) is 10.2 Å². The van der Waals surface area contributed by atoms with Crippen molar-refractivity contribution in [1.82, 2.24) is 15.3 Å². The van der Waals surface area contributed by atoms with Gasteiger partial charge in [-0.05, 0) is 51.2 Å². The van der Waals surface area contributed by atoms with Crippen LogP contribution in [0.25, 0.3) is 0 Å². The Kier molecular flexibility index (Phi) is 5.38. The number of nitrogens with zero attached hydrogens (tertiary/aromatic N) is 2. The summed E-state index contributed by atoms with van der Waals surface area (Å²) in [5, 5.41) is 0. The topological polar surface area (TPSA) is 97.5 Å². The molecule has 2 rings (SSSR count). The van der Waals surface area contributed by atoms with Crippen LogP contribution in [-0.2, 0) is 4.74 Å². The molecule has 8 heteroatoms. The number of halogens is 1. The van der Waals surface area contributed by atoms with E-state index in [9.17, 15) is 14.0 Å². The van der Waals surface area contributed by atoms with Crippen LogP contribution < -0.4 is 11.3 Å². The number of amides is 2. The number of nitrogens with one attached hydrogen (secondary N) is 1. The number of hydrogen-bond acceptors (Lipinski definition) is 5. The monoisotopic (exact) mass is 338 g/mol. The third kappa shape index (κ3) is 4.41. The molecule has 1 aromatic rings. The highest BCUT2D eigenvalue weighted by molar-refractivity contribution is 5.93. The number of ether oxygens (including phenoxy) is 1. The SMILES string of the molecule is CC(C)(C)OC(=O)N1CCC(c2cc(F)cnc2C(=O)NN)CC1. The van der Waals surface area contributed by atoms with Gasteiger partial charge in [0.2, 0.25) is 0 Å². The summed E-state index contributed by atoms with van der Waals surface area (Å²) in [5.41, 5.74) is 2.11. The zero-order valence-electron chi connectivity index (χ0n) is 14.1. The molecule has 0 saturated carbocycles. The summed E-state index contributed by atoms with van der Waals surface area (Å²) in [6.45, 7) is 6.38. The van der Waals surface area contributed by atoms with Gasteiger partial charge >= 0.3 is 6.09 Å². The number of rotatable bonds is 2. The number of carbonyl (C=O) groups excluding carboxylic acids is 2. The Labute approximate surface area is 140 Å². The molecule has 0 unspecified atom stereocenters.